The number of benzene rings is 1. The van der Waals surface area contributed by atoms with Crippen LogP contribution in [-0.2, 0) is 0 Å². The van der Waals surface area contributed by atoms with Gasteiger partial charge in [0.2, 0.25) is 5.71 Å². The summed E-state index contributed by atoms with van der Waals surface area (Å²) in [6.07, 6.45) is 4.79. The molecule has 2 rings (SSSR count). The summed E-state index contributed by atoms with van der Waals surface area (Å²) >= 11 is 0. The molecule has 0 unspecified atom stereocenters. The van der Waals surface area contributed by atoms with Gasteiger partial charge in [0, 0.05) is 23.5 Å². The molecule has 1 aromatic carbocycles. The number of nitrogens with one attached hydrogen (secondary N) is 1. The molecule has 2 aromatic rings. The van der Waals surface area contributed by atoms with Gasteiger partial charge in [0.15, 0.2) is 0 Å². The van der Waals surface area contributed by atoms with E-state index in [1.165, 1.54) is 6.33 Å². The number of para-hydroxylation sites is 1. The number of hydrogen-bond donors (Lipinski definition) is 1. The lowest BCUT2D eigenvalue weighted by molar-refractivity contribution is 1.17. The van der Waals surface area contributed by atoms with Crippen LogP contribution in [0, 0.1) is 22.7 Å². The van der Waals surface area contributed by atoms with E-state index in [0.29, 0.717) is 5.69 Å². The quantitative estimate of drug-likeness (QED) is 0.661. The van der Waals surface area contributed by atoms with Crippen LogP contribution >= 0.6 is 0 Å². The van der Waals surface area contributed by atoms with Gasteiger partial charge in [-0.1, -0.05) is 18.2 Å². The molecular weight excluding hydrogens is 240 g/mol. The number of hydrogen-bond acceptors (Lipinski definition) is 6. The van der Waals surface area contributed by atoms with Crippen LogP contribution < -0.4 is 5.43 Å². The molecule has 0 saturated carbocycles. The maximum Gasteiger partial charge on any atom is 0.237 e. The third kappa shape index (κ3) is 2.90. The monoisotopic (exact) mass is 248 g/mol. The first kappa shape index (κ1) is 12.2. The molecule has 0 amide bonds. The molecule has 0 atom stereocenters. The standard InChI is InChI=1S/C13H8N6/c14-5-11(6-15)18-19-13-4-2-1-3-12(13)10-7-16-9-17-8-10/h1-4,7-9,19H. The van der Waals surface area contributed by atoms with Crippen molar-refractivity contribution in [3.05, 3.63) is 43.0 Å². The fourth-order valence-electron chi connectivity index (χ4n) is 1.46. The topological polar surface area (TPSA) is 97.8 Å². The van der Waals surface area contributed by atoms with Crippen molar-refractivity contribution in [2.45, 2.75) is 0 Å². The number of rotatable bonds is 3. The van der Waals surface area contributed by atoms with Gasteiger partial charge >= 0.3 is 0 Å². The minimum atomic E-state index is -0.237. The minimum Gasteiger partial charge on any atom is -0.276 e. The summed E-state index contributed by atoms with van der Waals surface area (Å²) in [6.45, 7) is 0. The summed E-state index contributed by atoms with van der Waals surface area (Å²) in [4.78, 5) is 7.90. The van der Waals surface area contributed by atoms with Crippen molar-refractivity contribution in [1.29, 1.82) is 10.5 Å². The van der Waals surface area contributed by atoms with E-state index in [1.807, 2.05) is 18.2 Å². The lowest BCUT2D eigenvalue weighted by atomic mass is 10.1. The van der Waals surface area contributed by atoms with Gasteiger partial charge in [-0.3, -0.25) is 5.43 Å². The van der Waals surface area contributed by atoms with Gasteiger partial charge in [-0.05, 0) is 6.07 Å². The average molecular weight is 248 g/mol. The van der Waals surface area contributed by atoms with E-state index >= 15 is 0 Å². The number of hydrazone groups is 1. The smallest absolute Gasteiger partial charge is 0.237 e. The first-order chi connectivity index (χ1) is 9.35. The Kier molecular flexibility index (Phi) is 3.79. The van der Waals surface area contributed by atoms with Crippen molar-refractivity contribution >= 4 is 11.4 Å². The Morgan fingerprint density at radius 2 is 1.79 bits per heavy atom. The van der Waals surface area contributed by atoms with Gasteiger partial charge in [-0.25, -0.2) is 9.97 Å². The van der Waals surface area contributed by atoms with Crippen molar-refractivity contribution in [2.75, 3.05) is 5.43 Å². The second kappa shape index (κ2) is 5.89. The van der Waals surface area contributed by atoms with E-state index in [2.05, 4.69) is 20.5 Å². The molecular formula is C13H8N6. The highest BCUT2D eigenvalue weighted by molar-refractivity contribution is 6.10. The number of nitriles is 2. The maximum atomic E-state index is 8.63. The maximum absolute atomic E-state index is 8.63. The molecule has 19 heavy (non-hydrogen) atoms. The highest BCUT2D eigenvalue weighted by Crippen LogP contribution is 2.26. The zero-order valence-corrected chi connectivity index (χ0v) is 9.78. The van der Waals surface area contributed by atoms with Crippen LogP contribution in [0.3, 0.4) is 0 Å². The fraction of sp³-hybridized carbons (Fsp3) is 0. The summed E-state index contributed by atoms with van der Waals surface area (Å²) in [6, 6.07) is 10.7. The van der Waals surface area contributed by atoms with E-state index in [0.717, 1.165) is 11.1 Å². The molecule has 1 N–H and O–H groups in total. The van der Waals surface area contributed by atoms with Gasteiger partial charge in [-0.2, -0.15) is 15.6 Å². The van der Waals surface area contributed by atoms with E-state index in [1.54, 1.807) is 30.6 Å². The summed E-state index contributed by atoms with van der Waals surface area (Å²) in [5, 5.41) is 21.0. The minimum absolute atomic E-state index is 0.237. The molecule has 0 radical (unpaired) electrons. The molecule has 0 bridgehead atoms. The summed E-state index contributed by atoms with van der Waals surface area (Å²) < 4.78 is 0. The van der Waals surface area contributed by atoms with Gasteiger partial charge < -0.3 is 0 Å². The second-order valence-electron chi connectivity index (χ2n) is 3.47. The van der Waals surface area contributed by atoms with Gasteiger partial charge in [-0.15, -0.1) is 0 Å². The molecule has 1 heterocycles. The highest BCUT2D eigenvalue weighted by Gasteiger charge is 2.04. The Bertz CT molecular complexity index is 662. The van der Waals surface area contributed by atoms with Gasteiger partial charge in [0.1, 0.15) is 18.5 Å². The Balaban J connectivity index is 2.36. The zero-order chi connectivity index (χ0) is 13.5. The molecule has 0 spiro atoms. The van der Waals surface area contributed by atoms with Crippen molar-refractivity contribution in [3.63, 3.8) is 0 Å². The van der Waals surface area contributed by atoms with Crippen molar-refractivity contribution in [3.8, 4) is 23.3 Å². The van der Waals surface area contributed by atoms with Crippen LogP contribution in [0.2, 0.25) is 0 Å². The normalized spacial score (nSPS) is 8.95. The predicted molar refractivity (Wildman–Crippen MR) is 69.8 cm³/mol. The number of nitrogens with zero attached hydrogens (tertiary/aromatic N) is 5. The molecule has 0 aliphatic heterocycles. The zero-order valence-electron chi connectivity index (χ0n) is 9.78. The lowest BCUT2D eigenvalue weighted by Crippen LogP contribution is -1.98. The Hall–Kier alpha value is -3.25. The van der Waals surface area contributed by atoms with Crippen LogP contribution in [0.25, 0.3) is 11.1 Å². The van der Waals surface area contributed by atoms with Crippen molar-refractivity contribution < 1.29 is 0 Å². The van der Waals surface area contributed by atoms with Crippen LogP contribution in [0.1, 0.15) is 0 Å². The lowest BCUT2D eigenvalue weighted by Gasteiger charge is -2.07. The van der Waals surface area contributed by atoms with Crippen LogP contribution in [0.15, 0.2) is 48.1 Å². The first-order valence-electron chi connectivity index (χ1n) is 5.33. The first-order valence-corrected chi connectivity index (χ1v) is 5.33. The second-order valence-corrected chi connectivity index (χ2v) is 3.47. The molecule has 0 aliphatic rings. The molecule has 1 aromatic heterocycles. The third-order valence-corrected chi connectivity index (χ3v) is 2.30. The largest absolute Gasteiger partial charge is 0.276 e. The Morgan fingerprint density at radius 1 is 1.11 bits per heavy atom. The van der Waals surface area contributed by atoms with E-state index < -0.39 is 0 Å². The molecule has 6 heteroatoms. The van der Waals surface area contributed by atoms with Gasteiger partial charge in [0.25, 0.3) is 0 Å². The van der Waals surface area contributed by atoms with Crippen LogP contribution in [0.5, 0.6) is 0 Å². The predicted octanol–water partition coefficient (Wildman–Crippen LogP) is 1.96. The number of aromatic nitrogens is 2. The van der Waals surface area contributed by atoms with Crippen LogP contribution in [0.4, 0.5) is 5.69 Å². The summed E-state index contributed by atoms with van der Waals surface area (Å²) in [5.74, 6) is 0. The molecule has 0 aliphatic carbocycles. The van der Waals surface area contributed by atoms with E-state index in [9.17, 15) is 0 Å². The molecule has 0 saturated heterocycles. The van der Waals surface area contributed by atoms with Crippen molar-refractivity contribution in [2.24, 2.45) is 5.10 Å². The summed E-state index contributed by atoms with van der Waals surface area (Å²) in [7, 11) is 0. The van der Waals surface area contributed by atoms with Crippen LogP contribution in [-0.4, -0.2) is 15.7 Å². The molecule has 6 nitrogen and oxygen atoms in total. The molecule has 90 valence electrons. The highest BCUT2D eigenvalue weighted by atomic mass is 15.3. The van der Waals surface area contributed by atoms with E-state index in [4.69, 9.17) is 10.5 Å². The van der Waals surface area contributed by atoms with E-state index in [-0.39, 0.29) is 5.71 Å². The summed E-state index contributed by atoms with van der Waals surface area (Å²) in [5.41, 5.74) is 4.78. The third-order valence-electron chi connectivity index (χ3n) is 2.30. The Labute approximate surface area is 109 Å². The van der Waals surface area contributed by atoms with Gasteiger partial charge in [0.05, 0.1) is 5.69 Å². The van der Waals surface area contributed by atoms with Crippen molar-refractivity contribution in [1.82, 2.24) is 9.97 Å². The SMILES string of the molecule is N#CC(C#N)=NNc1ccccc1-c1cncnc1. The average Bonchev–Trinajstić information content (AvgIpc) is 2.49. The molecule has 0 fully saturated rings. The fourth-order valence-corrected chi connectivity index (χ4v) is 1.46. The number of anilines is 1. The Morgan fingerprint density at radius 3 is 2.47 bits per heavy atom.